The maximum absolute atomic E-state index is 5.62. The van der Waals surface area contributed by atoms with Crippen molar-refractivity contribution in [2.24, 2.45) is 52.2 Å². The van der Waals surface area contributed by atoms with Gasteiger partial charge in [0.1, 0.15) is 0 Å². The van der Waals surface area contributed by atoms with Crippen LogP contribution >= 0.6 is 0 Å². The van der Waals surface area contributed by atoms with Crippen LogP contribution < -0.4 is 0 Å². The van der Waals surface area contributed by atoms with Crippen molar-refractivity contribution in [1.29, 1.82) is 0 Å². The molecular weight excluding hydrogens is 312 g/mol. The first-order valence-electron chi connectivity index (χ1n) is 8.17. The second-order valence-corrected chi connectivity index (χ2v) is 7.27. The first kappa shape index (κ1) is 18.7. The Morgan fingerprint density at radius 1 is 0.583 bits per heavy atom. The van der Waals surface area contributed by atoms with E-state index in [2.05, 4.69) is 69.0 Å². The average molecular weight is 338 g/mol. The molecule has 0 fully saturated rings. The lowest BCUT2D eigenvalue weighted by Crippen LogP contribution is -2.27. The highest BCUT2D eigenvalue weighted by molar-refractivity contribution is 4.82. The van der Waals surface area contributed by atoms with E-state index >= 15 is 0 Å². The van der Waals surface area contributed by atoms with Gasteiger partial charge in [-0.05, 0) is 33.7 Å². The van der Waals surface area contributed by atoms with Gasteiger partial charge in [-0.2, -0.15) is 0 Å². The summed E-state index contributed by atoms with van der Waals surface area (Å²) >= 11 is 0. The van der Waals surface area contributed by atoms with E-state index in [0.717, 1.165) is 12.8 Å². The molecule has 2 aliphatic heterocycles. The molecule has 2 heterocycles. The highest BCUT2D eigenvalue weighted by Crippen LogP contribution is 2.32. The van der Waals surface area contributed by atoms with Crippen molar-refractivity contribution in [3.63, 3.8) is 0 Å². The number of hydrogen-bond donors (Lipinski definition) is 0. The molecule has 134 valence electrons. The summed E-state index contributed by atoms with van der Waals surface area (Å²) in [7, 11) is 0. The topological polar surface area (TPSA) is 117 Å². The van der Waals surface area contributed by atoms with Gasteiger partial charge in [0.05, 0.1) is 13.2 Å². The van der Waals surface area contributed by atoms with Gasteiger partial charge in [-0.15, -0.1) is 20.5 Å². The Balaban J connectivity index is 1.49. The lowest BCUT2D eigenvalue weighted by Gasteiger charge is -2.25. The maximum atomic E-state index is 5.62. The molecule has 0 N–H and O–H groups in total. The zero-order valence-corrected chi connectivity index (χ0v) is 14.8. The Hall–Kier alpha value is -1.68. The molecule has 10 nitrogen and oxygen atoms in total. The van der Waals surface area contributed by atoms with E-state index < -0.39 is 0 Å². The van der Waals surface area contributed by atoms with Crippen molar-refractivity contribution in [1.82, 2.24) is 0 Å². The molecular formula is C14H26N8O2. The molecule has 0 atom stereocenters. The van der Waals surface area contributed by atoms with Crippen LogP contribution in [0.5, 0.6) is 0 Å². The van der Waals surface area contributed by atoms with Crippen LogP contribution in [0.4, 0.5) is 0 Å². The molecule has 10 heteroatoms. The Bertz CT molecular complexity index is 445. The van der Waals surface area contributed by atoms with Crippen molar-refractivity contribution < 1.29 is 9.47 Å². The van der Waals surface area contributed by atoms with Crippen molar-refractivity contribution >= 4 is 0 Å². The molecule has 0 radical (unpaired) electrons. The van der Waals surface area contributed by atoms with E-state index in [9.17, 15) is 0 Å². The van der Waals surface area contributed by atoms with Crippen LogP contribution in [-0.4, -0.2) is 38.8 Å². The van der Waals surface area contributed by atoms with Gasteiger partial charge >= 0.3 is 0 Å². The van der Waals surface area contributed by atoms with Gasteiger partial charge in [-0.3, -0.25) is 0 Å². The quantitative estimate of drug-likeness (QED) is 0.525. The van der Waals surface area contributed by atoms with Gasteiger partial charge in [0.25, 0.3) is 0 Å². The molecule has 2 aliphatic rings. The smallest absolute Gasteiger partial charge is 0.190 e. The number of rotatable bonds is 11. The zero-order valence-electron chi connectivity index (χ0n) is 14.8. The van der Waals surface area contributed by atoms with E-state index in [0.29, 0.717) is 26.4 Å². The van der Waals surface area contributed by atoms with Crippen LogP contribution in [0.15, 0.2) is 41.4 Å². The van der Waals surface area contributed by atoms with Crippen LogP contribution in [0.25, 0.3) is 0 Å². The van der Waals surface area contributed by atoms with Crippen molar-refractivity contribution in [3.05, 3.63) is 0 Å². The minimum atomic E-state index is -0.204. The van der Waals surface area contributed by atoms with E-state index in [1.165, 1.54) is 0 Å². The molecule has 0 aliphatic carbocycles. The fourth-order valence-electron chi connectivity index (χ4n) is 2.21. The van der Waals surface area contributed by atoms with Gasteiger partial charge in [-0.1, -0.05) is 27.7 Å². The van der Waals surface area contributed by atoms with Crippen molar-refractivity contribution in [2.75, 3.05) is 26.4 Å². The molecule has 2 rings (SSSR count). The molecule has 0 aromatic rings. The number of ether oxygens (including phenoxy) is 2. The second kappa shape index (κ2) is 8.43. The van der Waals surface area contributed by atoms with Gasteiger partial charge in [0.2, 0.25) is 0 Å². The predicted molar refractivity (Wildman–Crippen MR) is 85.4 cm³/mol. The molecule has 0 aromatic carbocycles. The van der Waals surface area contributed by atoms with Gasteiger partial charge < -0.3 is 9.47 Å². The second-order valence-electron chi connectivity index (χ2n) is 7.27. The summed E-state index contributed by atoms with van der Waals surface area (Å²) < 4.78 is 11.2. The maximum Gasteiger partial charge on any atom is 0.190 e. The fourth-order valence-corrected chi connectivity index (χ4v) is 2.21. The summed E-state index contributed by atoms with van der Waals surface area (Å²) in [4.78, 5) is 0. The van der Waals surface area contributed by atoms with Crippen molar-refractivity contribution in [2.45, 2.75) is 52.9 Å². The summed E-state index contributed by atoms with van der Waals surface area (Å²) in [6.45, 7) is 10.7. The summed E-state index contributed by atoms with van der Waals surface area (Å²) in [6, 6.07) is 0. The highest BCUT2D eigenvalue weighted by atomic mass is 16.5. The molecule has 0 spiro atoms. The minimum absolute atomic E-state index is 0.112. The SMILES string of the molecule is CC(C)(CCOCCOCCC(C)(C)C1N=NN=N1)C1N=NN=N1. The van der Waals surface area contributed by atoms with Crippen LogP contribution in [0.2, 0.25) is 0 Å². The monoisotopic (exact) mass is 338 g/mol. The summed E-state index contributed by atoms with van der Waals surface area (Å²) in [5.74, 6) is 0. The first-order chi connectivity index (χ1) is 11.4. The van der Waals surface area contributed by atoms with Gasteiger partial charge in [0.15, 0.2) is 12.3 Å². The Kier molecular flexibility index (Phi) is 6.55. The molecule has 0 saturated heterocycles. The molecule has 0 saturated carbocycles. The molecule has 0 unspecified atom stereocenters. The van der Waals surface area contributed by atoms with Gasteiger partial charge in [-0.25, -0.2) is 0 Å². The van der Waals surface area contributed by atoms with E-state index in [4.69, 9.17) is 9.47 Å². The average Bonchev–Trinajstić information content (AvgIpc) is 3.23. The Morgan fingerprint density at radius 2 is 0.917 bits per heavy atom. The summed E-state index contributed by atoms with van der Waals surface area (Å²) in [5.41, 5.74) is -0.225. The van der Waals surface area contributed by atoms with Crippen LogP contribution in [0.3, 0.4) is 0 Å². The summed E-state index contributed by atoms with van der Waals surface area (Å²) in [5, 5.41) is 30.2. The molecule has 24 heavy (non-hydrogen) atoms. The van der Waals surface area contributed by atoms with Crippen molar-refractivity contribution in [3.8, 4) is 0 Å². The summed E-state index contributed by atoms with van der Waals surface area (Å²) in [6.07, 6.45) is 1.26. The third-order valence-electron chi connectivity index (χ3n) is 4.28. The fraction of sp³-hybridized carbons (Fsp3) is 1.00. The highest BCUT2D eigenvalue weighted by Gasteiger charge is 2.32. The normalized spacial score (nSPS) is 18.3. The van der Waals surface area contributed by atoms with E-state index in [1.54, 1.807) is 0 Å². The minimum Gasteiger partial charge on any atom is -0.379 e. The third kappa shape index (κ3) is 5.45. The van der Waals surface area contributed by atoms with E-state index in [-0.39, 0.29) is 23.2 Å². The lowest BCUT2D eigenvalue weighted by atomic mass is 9.86. The van der Waals surface area contributed by atoms with Crippen LogP contribution in [0.1, 0.15) is 40.5 Å². The standard InChI is InChI=1S/C14H26N8O2/c1-13(2,11-15-19-20-16-11)5-7-23-9-10-24-8-6-14(3,4)12-17-21-22-18-12/h11-12H,5-10H2,1-4H3. The predicted octanol–water partition coefficient (Wildman–Crippen LogP) is 4.17. The number of hydrogen-bond acceptors (Lipinski definition) is 10. The third-order valence-corrected chi connectivity index (χ3v) is 4.28. The van der Waals surface area contributed by atoms with Crippen LogP contribution in [0, 0.1) is 10.8 Å². The van der Waals surface area contributed by atoms with Crippen LogP contribution in [-0.2, 0) is 9.47 Å². The zero-order chi connectivity index (χ0) is 17.5. The lowest BCUT2D eigenvalue weighted by molar-refractivity contribution is 0.0252. The molecule has 0 bridgehead atoms. The van der Waals surface area contributed by atoms with Gasteiger partial charge in [0, 0.05) is 24.0 Å². The first-order valence-corrected chi connectivity index (χ1v) is 8.17. The largest absolute Gasteiger partial charge is 0.379 e. The Labute approximate surface area is 141 Å². The molecule has 0 aromatic heterocycles. The number of nitrogens with zero attached hydrogens (tertiary/aromatic N) is 8. The molecule has 0 amide bonds. The Morgan fingerprint density at radius 3 is 1.25 bits per heavy atom. The van der Waals surface area contributed by atoms with E-state index in [1.807, 2.05) is 0 Å².